The lowest BCUT2D eigenvalue weighted by Crippen LogP contribution is -2.22. The quantitative estimate of drug-likeness (QED) is 0.864. The summed E-state index contributed by atoms with van der Waals surface area (Å²) in [4.78, 5) is 2.33. The Balaban J connectivity index is 2.06. The van der Waals surface area contributed by atoms with Crippen molar-refractivity contribution in [1.82, 2.24) is 5.32 Å². The van der Waals surface area contributed by atoms with Crippen LogP contribution in [0.25, 0.3) is 0 Å². The Morgan fingerprint density at radius 3 is 2.55 bits per heavy atom. The van der Waals surface area contributed by atoms with Crippen LogP contribution in [-0.2, 0) is 13.0 Å². The second-order valence-corrected chi connectivity index (χ2v) is 5.88. The molecule has 0 radical (unpaired) electrons. The molecular formula is C17H21BrN2. The molecule has 0 saturated heterocycles. The van der Waals surface area contributed by atoms with Crippen molar-refractivity contribution in [1.29, 1.82) is 0 Å². The number of halogens is 1. The molecule has 0 bridgehead atoms. The van der Waals surface area contributed by atoms with Crippen LogP contribution in [0, 0.1) is 0 Å². The highest BCUT2D eigenvalue weighted by Gasteiger charge is 2.07. The van der Waals surface area contributed by atoms with Crippen molar-refractivity contribution in [2.45, 2.75) is 13.0 Å². The van der Waals surface area contributed by atoms with Gasteiger partial charge in [0.05, 0.1) is 0 Å². The monoisotopic (exact) mass is 332 g/mol. The van der Waals surface area contributed by atoms with Crippen molar-refractivity contribution in [3.63, 3.8) is 0 Å². The van der Waals surface area contributed by atoms with Crippen LogP contribution < -0.4 is 10.2 Å². The molecule has 0 heterocycles. The normalized spacial score (nSPS) is 10.6. The summed E-state index contributed by atoms with van der Waals surface area (Å²) in [6.07, 6.45) is 1.06. The van der Waals surface area contributed by atoms with Crippen molar-refractivity contribution in [3.8, 4) is 0 Å². The third-order valence-corrected chi connectivity index (χ3v) is 3.89. The zero-order chi connectivity index (χ0) is 14.4. The lowest BCUT2D eigenvalue weighted by Gasteiger charge is -2.23. The molecule has 0 aromatic heterocycles. The predicted octanol–water partition coefficient (Wildman–Crippen LogP) is 3.85. The second kappa shape index (κ2) is 7.46. The Kier molecular flexibility index (Phi) is 5.62. The van der Waals surface area contributed by atoms with Gasteiger partial charge in [0.15, 0.2) is 0 Å². The standard InChI is InChI=1S/C17H21BrN2/c1-19-13-15-12-16(18)8-9-17(15)20(2)11-10-14-6-4-3-5-7-14/h3-9,12,19H,10-11,13H2,1-2H3. The molecule has 3 heteroatoms. The fourth-order valence-electron chi connectivity index (χ4n) is 2.32. The number of benzene rings is 2. The van der Waals surface area contributed by atoms with Crippen LogP contribution in [0.1, 0.15) is 11.1 Å². The third kappa shape index (κ3) is 4.09. The maximum absolute atomic E-state index is 3.54. The van der Waals surface area contributed by atoms with E-state index in [1.807, 2.05) is 7.05 Å². The zero-order valence-electron chi connectivity index (χ0n) is 12.1. The molecule has 2 rings (SSSR count). The molecule has 2 aromatic carbocycles. The molecule has 0 saturated carbocycles. The van der Waals surface area contributed by atoms with E-state index in [-0.39, 0.29) is 0 Å². The minimum absolute atomic E-state index is 0.879. The summed E-state index contributed by atoms with van der Waals surface area (Å²) < 4.78 is 1.13. The van der Waals surface area contributed by atoms with Crippen LogP contribution in [0.5, 0.6) is 0 Å². The summed E-state index contributed by atoms with van der Waals surface area (Å²) >= 11 is 3.54. The average molecular weight is 333 g/mol. The van der Waals surface area contributed by atoms with Gasteiger partial charge in [0.2, 0.25) is 0 Å². The number of nitrogens with zero attached hydrogens (tertiary/aromatic N) is 1. The second-order valence-electron chi connectivity index (χ2n) is 4.96. The minimum atomic E-state index is 0.879. The molecule has 0 aliphatic carbocycles. The number of nitrogens with one attached hydrogen (secondary N) is 1. The number of hydrogen-bond acceptors (Lipinski definition) is 2. The average Bonchev–Trinajstić information content (AvgIpc) is 2.46. The Labute approximate surface area is 129 Å². The van der Waals surface area contributed by atoms with E-state index in [4.69, 9.17) is 0 Å². The molecule has 0 atom stereocenters. The van der Waals surface area contributed by atoms with Crippen LogP contribution in [0.2, 0.25) is 0 Å². The van der Waals surface area contributed by atoms with E-state index in [9.17, 15) is 0 Å². The maximum Gasteiger partial charge on any atom is 0.0410 e. The highest BCUT2D eigenvalue weighted by molar-refractivity contribution is 9.10. The Morgan fingerprint density at radius 1 is 1.10 bits per heavy atom. The molecule has 0 amide bonds. The van der Waals surface area contributed by atoms with Gasteiger partial charge in [-0.05, 0) is 42.8 Å². The van der Waals surface area contributed by atoms with Crippen LogP contribution in [0.15, 0.2) is 53.0 Å². The first kappa shape index (κ1) is 15.1. The summed E-state index contributed by atoms with van der Waals surface area (Å²) in [6, 6.07) is 17.1. The summed E-state index contributed by atoms with van der Waals surface area (Å²) in [6.45, 7) is 1.90. The van der Waals surface area contributed by atoms with Gasteiger partial charge in [0.1, 0.15) is 0 Å². The highest BCUT2D eigenvalue weighted by Crippen LogP contribution is 2.24. The molecular weight excluding hydrogens is 312 g/mol. The van der Waals surface area contributed by atoms with Gasteiger partial charge in [-0.15, -0.1) is 0 Å². The SMILES string of the molecule is CNCc1cc(Br)ccc1N(C)CCc1ccccc1. The van der Waals surface area contributed by atoms with E-state index >= 15 is 0 Å². The fraction of sp³-hybridized carbons (Fsp3) is 0.294. The molecule has 2 aromatic rings. The number of anilines is 1. The zero-order valence-corrected chi connectivity index (χ0v) is 13.7. The van der Waals surface area contributed by atoms with E-state index < -0.39 is 0 Å². The first-order valence-electron chi connectivity index (χ1n) is 6.89. The Hall–Kier alpha value is -1.32. The first-order valence-corrected chi connectivity index (χ1v) is 7.68. The lowest BCUT2D eigenvalue weighted by molar-refractivity contribution is 0.801. The number of hydrogen-bond donors (Lipinski definition) is 1. The van der Waals surface area contributed by atoms with Crippen molar-refractivity contribution >= 4 is 21.6 Å². The van der Waals surface area contributed by atoms with Gasteiger partial charge in [-0.25, -0.2) is 0 Å². The van der Waals surface area contributed by atoms with Crippen LogP contribution in [-0.4, -0.2) is 20.6 Å². The van der Waals surface area contributed by atoms with Gasteiger partial charge in [-0.1, -0.05) is 46.3 Å². The summed E-state index contributed by atoms with van der Waals surface area (Å²) in [5.41, 5.74) is 3.99. The van der Waals surface area contributed by atoms with Crippen molar-refractivity contribution < 1.29 is 0 Å². The van der Waals surface area contributed by atoms with Crippen molar-refractivity contribution in [3.05, 3.63) is 64.1 Å². The maximum atomic E-state index is 3.54. The Bertz CT molecular complexity index is 540. The van der Waals surface area contributed by atoms with Crippen molar-refractivity contribution in [2.24, 2.45) is 0 Å². The summed E-state index contributed by atoms with van der Waals surface area (Å²) in [5.74, 6) is 0. The minimum Gasteiger partial charge on any atom is -0.374 e. The van der Waals surface area contributed by atoms with Crippen LogP contribution >= 0.6 is 15.9 Å². The highest BCUT2D eigenvalue weighted by atomic mass is 79.9. The molecule has 20 heavy (non-hydrogen) atoms. The van der Waals surface area contributed by atoms with Gasteiger partial charge in [-0.3, -0.25) is 0 Å². The van der Waals surface area contributed by atoms with E-state index in [0.717, 1.165) is 24.0 Å². The Morgan fingerprint density at radius 2 is 1.85 bits per heavy atom. The third-order valence-electron chi connectivity index (χ3n) is 3.40. The van der Waals surface area contributed by atoms with E-state index in [0.29, 0.717) is 0 Å². The predicted molar refractivity (Wildman–Crippen MR) is 90.3 cm³/mol. The topological polar surface area (TPSA) is 15.3 Å². The summed E-state index contributed by atoms with van der Waals surface area (Å²) in [7, 11) is 4.14. The van der Waals surface area contributed by atoms with Gasteiger partial charge in [0.25, 0.3) is 0 Å². The molecule has 106 valence electrons. The molecule has 0 spiro atoms. The molecule has 0 unspecified atom stereocenters. The van der Waals surface area contributed by atoms with Crippen LogP contribution in [0.4, 0.5) is 5.69 Å². The number of rotatable bonds is 6. The van der Waals surface area contributed by atoms with Crippen LogP contribution in [0.3, 0.4) is 0 Å². The molecule has 0 aliphatic heterocycles. The summed E-state index contributed by atoms with van der Waals surface area (Å²) in [5, 5.41) is 3.23. The van der Waals surface area contributed by atoms with Gasteiger partial charge in [0, 0.05) is 30.3 Å². The lowest BCUT2D eigenvalue weighted by atomic mass is 10.1. The molecule has 1 N–H and O–H groups in total. The first-order chi connectivity index (χ1) is 9.70. The molecule has 0 aliphatic rings. The van der Waals surface area contributed by atoms with Crippen molar-refractivity contribution in [2.75, 3.05) is 25.5 Å². The van der Waals surface area contributed by atoms with Gasteiger partial charge >= 0.3 is 0 Å². The number of likely N-dealkylation sites (N-methyl/N-ethyl adjacent to an activating group) is 1. The van der Waals surface area contributed by atoms with Gasteiger partial charge < -0.3 is 10.2 Å². The van der Waals surface area contributed by atoms with E-state index in [1.165, 1.54) is 16.8 Å². The van der Waals surface area contributed by atoms with Gasteiger partial charge in [-0.2, -0.15) is 0 Å². The fourth-order valence-corrected chi connectivity index (χ4v) is 2.73. The molecule has 2 nitrogen and oxygen atoms in total. The molecule has 0 fully saturated rings. The van der Waals surface area contributed by atoms with E-state index in [1.54, 1.807) is 0 Å². The largest absolute Gasteiger partial charge is 0.374 e. The smallest absolute Gasteiger partial charge is 0.0410 e. The van der Waals surface area contributed by atoms with E-state index in [2.05, 4.69) is 81.7 Å².